The summed E-state index contributed by atoms with van der Waals surface area (Å²) < 4.78 is 18.9. The third-order valence-electron chi connectivity index (χ3n) is 5.37. The highest BCUT2D eigenvalue weighted by atomic mass is 19.1. The number of halogens is 1. The molecule has 27 heavy (non-hydrogen) atoms. The fraction of sp³-hybridized carbons (Fsp3) is 0.450. The first kappa shape index (κ1) is 17.5. The van der Waals surface area contributed by atoms with Gasteiger partial charge in [-0.25, -0.2) is 9.37 Å². The number of benzene rings is 1. The van der Waals surface area contributed by atoms with Gasteiger partial charge in [-0.3, -0.25) is 4.79 Å². The van der Waals surface area contributed by atoms with Crippen molar-refractivity contribution in [1.29, 1.82) is 5.26 Å². The Morgan fingerprint density at radius 2 is 2.19 bits per heavy atom. The molecular formula is C20H21FN4O2. The van der Waals surface area contributed by atoms with Crippen LogP contribution in [-0.4, -0.2) is 30.0 Å². The number of piperidine rings is 1. The Morgan fingerprint density at radius 3 is 2.89 bits per heavy atom. The van der Waals surface area contributed by atoms with Crippen LogP contribution in [0.3, 0.4) is 0 Å². The minimum Gasteiger partial charge on any atom is -0.424 e. The number of hydrogen-bond donors (Lipinski definition) is 1. The monoisotopic (exact) mass is 368 g/mol. The molecule has 1 amide bonds. The van der Waals surface area contributed by atoms with Gasteiger partial charge >= 0.3 is 0 Å². The lowest BCUT2D eigenvalue weighted by Gasteiger charge is -2.31. The molecule has 2 atom stereocenters. The van der Waals surface area contributed by atoms with E-state index in [4.69, 9.17) is 9.68 Å². The lowest BCUT2D eigenvalue weighted by molar-refractivity contribution is -0.125. The Hall–Kier alpha value is -2.88. The molecular weight excluding hydrogens is 347 g/mol. The quantitative estimate of drug-likeness (QED) is 0.897. The number of nitrogens with one attached hydrogen (secondary N) is 1. The minimum absolute atomic E-state index is 0.0513. The van der Waals surface area contributed by atoms with Crippen molar-refractivity contribution in [1.82, 2.24) is 10.3 Å². The Kier molecular flexibility index (Phi) is 4.56. The van der Waals surface area contributed by atoms with Gasteiger partial charge in [0.05, 0.1) is 0 Å². The zero-order chi connectivity index (χ0) is 19.0. The molecule has 0 unspecified atom stereocenters. The Morgan fingerprint density at radius 1 is 1.41 bits per heavy atom. The third-order valence-corrected chi connectivity index (χ3v) is 5.37. The van der Waals surface area contributed by atoms with E-state index in [0.717, 1.165) is 12.0 Å². The van der Waals surface area contributed by atoms with E-state index in [-0.39, 0.29) is 29.6 Å². The molecule has 0 spiro atoms. The van der Waals surface area contributed by atoms with Crippen LogP contribution in [0.5, 0.6) is 0 Å². The zero-order valence-corrected chi connectivity index (χ0v) is 15.1. The summed E-state index contributed by atoms with van der Waals surface area (Å²) in [5.41, 5.74) is 1.24. The molecule has 1 aromatic carbocycles. The van der Waals surface area contributed by atoms with E-state index in [9.17, 15) is 9.18 Å². The van der Waals surface area contributed by atoms with Gasteiger partial charge in [-0.1, -0.05) is 12.1 Å². The van der Waals surface area contributed by atoms with E-state index < -0.39 is 0 Å². The molecule has 6 nitrogen and oxygen atoms in total. The molecule has 7 heteroatoms. The molecule has 2 aromatic rings. The molecule has 2 aliphatic rings. The first-order valence-electron chi connectivity index (χ1n) is 9.23. The SMILES string of the molecule is Cc1nc(C#N)c(N2CCC(C(=O)N[C@@H]3C[C@H]3c3cccc(F)c3)CC2)o1. The van der Waals surface area contributed by atoms with Crippen LogP contribution in [-0.2, 0) is 4.79 Å². The van der Waals surface area contributed by atoms with Gasteiger partial charge in [0.1, 0.15) is 11.9 Å². The molecule has 1 aliphatic heterocycles. The first-order chi connectivity index (χ1) is 13.0. The summed E-state index contributed by atoms with van der Waals surface area (Å²) >= 11 is 0. The summed E-state index contributed by atoms with van der Waals surface area (Å²) in [5, 5.41) is 12.3. The molecule has 140 valence electrons. The number of rotatable bonds is 4. The first-order valence-corrected chi connectivity index (χ1v) is 9.23. The van der Waals surface area contributed by atoms with Crippen LogP contribution < -0.4 is 10.2 Å². The van der Waals surface area contributed by atoms with Crippen molar-refractivity contribution < 1.29 is 13.6 Å². The Labute approximate surface area is 157 Å². The largest absolute Gasteiger partial charge is 0.424 e. The molecule has 1 saturated heterocycles. The lowest BCUT2D eigenvalue weighted by atomic mass is 9.96. The second-order valence-corrected chi connectivity index (χ2v) is 7.27. The van der Waals surface area contributed by atoms with E-state index in [1.165, 1.54) is 6.07 Å². The van der Waals surface area contributed by atoms with Crippen molar-refractivity contribution in [2.24, 2.45) is 5.92 Å². The van der Waals surface area contributed by atoms with E-state index in [1.54, 1.807) is 19.1 Å². The maximum absolute atomic E-state index is 13.3. The second kappa shape index (κ2) is 7.03. The van der Waals surface area contributed by atoms with Crippen LogP contribution in [0.2, 0.25) is 0 Å². The maximum Gasteiger partial charge on any atom is 0.234 e. The topological polar surface area (TPSA) is 82.2 Å². The number of amides is 1. The number of hydrogen-bond acceptors (Lipinski definition) is 5. The molecule has 0 bridgehead atoms. The Bertz CT molecular complexity index is 896. The van der Waals surface area contributed by atoms with Gasteiger partial charge in [0, 0.05) is 37.9 Å². The smallest absolute Gasteiger partial charge is 0.234 e. The molecule has 2 fully saturated rings. The summed E-state index contributed by atoms with van der Waals surface area (Å²) in [7, 11) is 0. The number of oxazole rings is 1. The maximum atomic E-state index is 13.3. The summed E-state index contributed by atoms with van der Waals surface area (Å²) in [6, 6.07) is 8.74. The van der Waals surface area contributed by atoms with Gasteiger partial charge in [-0.2, -0.15) is 5.26 Å². The fourth-order valence-electron chi connectivity index (χ4n) is 3.81. The van der Waals surface area contributed by atoms with Crippen molar-refractivity contribution in [3.05, 3.63) is 47.2 Å². The van der Waals surface area contributed by atoms with Crippen molar-refractivity contribution in [3.8, 4) is 6.07 Å². The third kappa shape index (κ3) is 3.65. The summed E-state index contributed by atoms with van der Waals surface area (Å²) in [4.78, 5) is 18.6. The minimum atomic E-state index is -0.240. The van der Waals surface area contributed by atoms with Gasteiger partial charge in [-0.15, -0.1) is 0 Å². The highest BCUT2D eigenvalue weighted by Gasteiger charge is 2.41. The van der Waals surface area contributed by atoms with E-state index in [0.29, 0.717) is 43.4 Å². The van der Waals surface area contributed by atoms with Crippen LogP contribution in [0.4, 0.5) is 10.3 Å². The molecule has 1 N–H and O–H groups in total. The summed E-state index contributed by atoms with van der Waals surface area (Å²) in [5.74, 6) is 0.953. The van der Waals surface area contributed by atoms with Gasteiger partial charge in [0.2, 0.25) is 17.5 Å². The number of anilines is 1. The van der Waals surface area contributed by atoms with E-state index >= 15 is 0 Å². The number of nitriles is 1. The molecule has 1 aliphatic carbocycles. The molecule has 1 saturated carbocycles. The van der Waals surface area contributed by atoms with Crippen LogP contribution in [0, 0.1) is 30.0 Å². The molecule has 0 radical (unpaired) electrons. The van der Waals surface area contributed by atoms with Crippen molar-refractivity contribution >= 4 is 11.8 Å². The van der Waals surface area contributed by atoms with Crippen molar-refractivity contribution in [3.63, 3.8) is 0 Å². The van der Waals surface area contributed by atoms with Crippen molar-refractivity contribution in [2.45, 2.75) is 38.1 Å². The van der Waals surface area contributed by atoms with Gasteiger partial charge in [-0.05, 0) is 37.0 Å². The van der Waals surface area contributed by atoms with E-state index in [2.05, 4.69) is 16.4 Å². The van der Waals surface area contributed by atoms with Gasteiger partial charge in [0.15, 0.2) is 5.89 Å². The predicted octanol–water partition coefficient (Wildman–Crippen LogP) is 2.88. The normalized spacial score (nSPS) is 22.3. The van der Waals surface area contributed by atoms with E-state index in [1.807, 2.05) is 11.0 Å². The van der Waals surface area contributed by atoms with Crippen molar-refractivity contribution in [2.75, 3.05) is 18.0 Å². The Balaban J connectivity index is 1.30. The van der Waals surface area contributed by atoms with Crippen LogP contribution in [0.1, 0.15) is 42.3 Å². The average molecular weight is 368 g/mol. The predicted molar refractivity (Wildman–Crippen MR) is 96.6 cm³/mol. The molecule has 2 heterocycles. The number of carbonyl (C=O) groups excluding carboxylic acids is 1. The van der Waals surface area contributed by atoms with Gasteiger partial charge in [0.25, 0.3) is 0 Å². The van der Waals surface area contributed by atoms with Crippen LogP contribution >= 0.6 is 0 Å². The van der Waals surface area contributed by atoms with Crippen LogP contribution in [0.25, 0.3) is 0 Å². The number of nitrogens with zero attached hydrogens (tertiary/aromatic N) is 3. The molecule has 1 aromatic heterocycles. The van der Waals surface area contributed by atoms with Gasteiger partial charge < -0.3 is 14.6 Å². The summed E-state index contributed by atoms with van der Waals surface area (Å²) in [6.07, 6.45) is 2.26. The highest BCUT2D eigenvalue weighted by molar-refractivity contribution is 5.80. The fourth-order valence-corrected chi connectivity index (χ4v) is 3.81. The number of aromatic nitrogens is 1. The highest BCUT2D eigenvalue weighted by Crippen LogP contribution is 2.41. The zero-order valence-electron chi connectivity index (χ0n) is 15.1. The average Bonchev–Trinajstić information content (AvgIpc) is 3.33. The number of carbonyl (C=O) groups is 1. The second-order valence-electron chi connectivity index (χ2n) is 7.27. The molecule has 4 rings (SSSR count). The number of aryl methyl sites for hydroxylation is 1. The summed E-state index contributed by atoms with van der Waals surface area (Å²) in [6.45, 7) is 3.02. The lowest BCUT2D eigenvalue weighted by Crippen LogP contribution is -2.41. The standard InChI is InChI=1S/C20H21FN4O2/c1-12-23-18(11-22)20(27-12)25-7-5-13(6-8-25)19(26)24-17-10-16(17)14-3-2-4-15(21)9-14/h2-4,9,13,16-17H,5-8,10H2,1H3,(H,24,26)/t16-,17+/m0/s1. The van der Waals surface area contributed by atoms with Crippen LogP contribution in [0.15, 0.2) is 28.7 Å².